The number of methoxy groups -OCH3 is 1. The van der Waals surface area contributed by atoms with Crippen molar-refractivity contribution in [2.45, 2.75) is 12.6 Å². The van der Waals surface area contributed by atoms with Crippen LogP contribution in [0.1, 0.15) is 17.2 Å². The summed E-state index contributed by atoms with van der Waals surface area (Å²) in [5.74, 6) is -0.753. The van der Waals surface area contributed by atoms with Crippen molar-refractivity contribution in [3.8, 4) is 11.6 Å². The summed E-state index contributed by atoms with van der Waals surface area (Å²) in [6, 6.07) is 17.8. The van der Waals surface area contributed by atoms with Crippen molar-refractivity contribution >= 4 is 28.5 Å². The molecule has 0 aliphatic heterocycles. The predicted molar refractivity (Wildman–Crippen MR) is 114 cm³/mol. The average molecular weight is 441 g/mol. The Morgan fingerprint density at radius 1 is 1.13 bits per heavy atom. The van der Waals surface area contributed by atoms with Gasteiger partial charge in [0.05, 0.1) is 24.6 Å². The van der Waals surface area contributed by atoms with Gasteiger partial charge in [-0.1, -0.05) is 35.9 Å². The van der Waals surface area contributed by atoms with Gasteiger partial charge in [-0.15, -0.1) is 5.10 Å². The minimum Gasteiger partial charge on any atom is -0.497 e. The number of hydrogen-bond donors (Lipinski definition) is 1. The van der Waals surface area contributed by atoms with Crippen LogP contribution in [0.2, 0.25) is 5.02 Å². The van der Waals surface area contributed by atoms with Crippen molar-refractivity contribution in [1.82, 2.24) is 9.78 Å². The molecule has 0 saturated carbocycles. The number of hydrogen-bond acceptors (Lipinski definition) is 4. The summed E-state index contributed by atoms with van der Waals surface area (Å²) in [7, 11) is 1.54. The van der Waals surface area contributed by atoms with Gasteiger partial charge in [-0.05, 0) is 48.0 Å². The number of rotatable bonds is 7. The van der Waals surface area contributed by atoms with E-state index in [9.17, 15) is 14.3 Å². The minimum atomic E-state index is -1.28. The molecule has 1 unspecified atom stereocenters. The fourth-order valence-electron chi connectivity index (χ4n) is 3.24. The topological polar surface area (TPSA) is 73.6 Å². The van der Waals surface area contributed by atoms with Gasteiger partial charge in [0.25, 0.3) is 0 Å². The van der Waals surface area contributed by atoms with Crippen LogP contribution in [0.5, 0.6) is 11.6 Å². The van der Waals surface area contributed by atoms with Crippen molar-refractivity contribution in [3.05, 3.63) is 88.7 Å². The van der Waals surface area contributed by atoms with Crippen LogP contribution in [0.3, 0.4) is 0 Å². The Bertz CT molecular complexity index is 1220. The lowest BCUT2D eigenvalue weighted by Gasteiger charge is -2.14. The smallest absolute Gasteiger partial charge is 0.349 e. The van der Waals surface area contributed by atoms with Gasteiger partial charge in [0, 0.05) is 10.6 Å². The molecule has 6 nitrogen and oxygen atoms in total. The third kappa shape index (κ3) is 4.46. The monoisotopic (exact) mass is 440 g/mol. The maximum atomic E-state index is 13.3. The summed E-state index contributed by atoms with van der Waals surface area (Å²) >= 11 is 5.92. The molecule has 0 amide bonds. The molecule has 0 fully saturated rings. The van der Waals surface area contributed by atoms with E-state index in [0.29, 0.717) is 28.3 Å². The highest BCUT2D eigenvalue weighted by molar-refractivity contribution is 6.30. The standard InChI is InChI=1S/C23H18ClFN2O4/c1-30-18-10-11-20-19(12-18)22(26-27(20)13-14-2-8-17(25)9-3-14)31-21(23(28)29)15-4-6-16(24)7-5-15/h2-12,21H,13H2,1H3,(H,28,29). The van der Waals surface area contributed by atoms with Crippen LogP contribution in [0, 0.1) is 5.82 Å². The molecule has 1 heterocycles. The molecule has 1 aromatic heterocycles. The van der Waals surface area contributed by atoms with Gasteiger partial charge in [-0.3, -0.25) is 4.68 Å². The summed E-state index contributed by atoms with van der Waals surface area (Å²) in [6.07, 6.45) is -1.28. The van der Waals surface area contributed by atoms with Gasteiger partial charge in [0.2, 0.25) is 12.0 Å². The number of carboxylic acids is 1. The summed E-state index contributed by atoms with van der Waals surface area (Å²) in [6.45, 7) is 0.352. The number of carbonyl (C=O) groups is 1. The summed E-state index contributed by atoms with van der Waals surface area (Å²) < 4.78 is 26.1. The Morgan fingerprint density at radius 3 is 2.48 bits per heavy atom. The van der Waals surface area contributed by atoms with Crippen molar-refractivity contribution in [2.75, 3.05) is 7.11 Å². The summed E-state index contributed by atoms with van der Waals surface area (Å²) in [4.78, 5) is 11.9. The second-order valence-electron chi connectivity index (χ2n) is 6.86. The number of nitrogens with zero attached hydrogens (tertiary/aromatic N) is 2. The lowest BCUT2D eigenvalue weighted by Crippen LogP contribution is -2.18. The highest BCUT2D eigenvalue weighted by Crippen LogP contribution is 2.32. The van der Waals surface area contributed by atoms with Crippen molar-refractivity contribution in [1.29, 1.82) is 0 Å². The van der Waals surface area contributed by atoms with Gasteiger partial charge in [-0.2, -0.15) is 0 Å². The van der Waals surface area contributed by atoms with E-state index in [0.717, 1.165) is 11.1 Å². The molecule has 3 aromatic carbocycles. The molecule has 0 spiro atoms. The number of aromatic nitrogens is 2. The second kappa shape index (κ2) is 8.65. The van der Waals surface area contributed by atoms with E-state index < -0.39 is 12.1 Å². The molecule has 158 valence electrons. The Labute approximate surface area is 182 Å². The highest BCUT2D eigenvalue weighted by Gasteiger charge is 2.25. The number of benzene rings is 3. The van der Waals surface area contributed by atoms with E-state index in [1.54, 1.807) is 60.3 Å². The van der Waals surface area contributed by atoms with Crippen LogP contribution < -0.4 is 9.47 Å². The molecule has 8 heteroatoms. The molecule has 1 atom stereocenters. The fourth-order valence-corrected chi connectivity index (χ4v) is 3.36. The maximum absolute atomic E-state index is 13.3. The van der Waals surface area contributed by atoms with Crippen LogP contribution in [-0.2, 0) is 11.3 Å². The Hall–Kier alpha value is -3.58. The summed E-state index contributed by atoms with van der Waals surface area (Å²) in [5.41, 5.74) is 1.99. The molecule has 0 saturated heterocycles. The zero-order chi connectivity index (χ0) is 22.0. The van der Waals surface area contributed by atoms with E-state index in [2.05, 4.69) is 5.10 Å². The van der Waals surface area contributed by atoms with E-state index in [1.165, 1.54) is 12.1 Å². The molecule has 1 N–H and O–H groups in total. The van der Waals surface area contributed by atoms with Gasteiger partial charge in [-0.25, -0.2) is 9.18 Å². The fraction of sp³-hybridized carbons (Fsp3) is 0.130. The SMILES string of the molecule is COc1ccc2c(c1)c(OC(C(=O)O)c1ccc(Cl)cc1)nn2Cc1ccc(F)cc1. The van der Waals surface area contributed by atoms with Crippen LogP contribution in [0.25, 0.3) is 10.9 Å². The van der Waals surface area contributed by atoms with Gasteiger partial charge in [0.1, 0.15) is 11.6 Å². The molecular formula is C23H18ClFN2O4. The maximum Gasteiger partial charge on any atom is 0.349 e. The van der Waals surface area contributed by atoms with Crippen LogP contribution in [-0.4, -0.2) is 28.0 Å². The van der Waals surface area contributed by atoms with E-state index in [1.807, 2.05) is 6.07 Å². The molecule has 0 bridgehead atoms. The Kier molecular flexibility index (Phi) is 5.77. The third-order valence-corrected chi connectivity index (χ3v) is 5.05. The van der Waals surface area contributed by atoms with Crippen LogP contribution >= 0.6 is 11.6 Å². The number of fused-ring (bicyclic) bond motifs is 1. The normalized spacial score (nSPS) is 12.0. The first kappa shape index (κ1) is 20.7. The van der Waals surface area contributed by atoms with Crippen LogP contribution in [0.4, 0.5) is 4.39 Å². The van der Waals surface area contributed by atoms with Crippen LogP contribution in [0.15, 0.2) is 66.7 Å². The molecular weight excluding hydrogens is 423 g/mol. The number of halogens is 2. The van der Waals surface area contributed by atoms with Crippen molar-refractivity contribution < 1.29 is 23.8 Å². The third-order valence-electron chi connectivity index (χ3n) is 4.80. The highest BCUT2D eigenvalue weighted by atomic mass is 35.5. The van der Waals surface area contributed by atoms with Crippen molar-refractivity contribution in [3.63, 3.8) is 0 Å². The molecule has 4 aromatic rings. The first-order chi connectivity index (χ1) is 14.9. The molecule has 31 heavy (non-hydrogen) atoms. The first-order valence-corrected chi connectivity index (χ1v) is 9.76. The van der Waals surface area contributed by atoms with Gasteiger partial charge in [0.15, 0.2) is 0 Å². The average Bonchev–Trinajstić information content (AvgIpc) is 3.10. The predicted octanol–water partition coefficient (Wildman–Crippen LogP) is 5.09. The van der Waals surface area contributed by atoms with E-state index in [4.69, 9.17) is 21.1 Å². The van der Waals surface area contributed by atoms with Gasteiger partial charge < -0.3 is 14.6 Å². The van der Waals surface area contributed by atoms with Gasteiger partial charge >= 0.3 is 5.97 Å². The number of ether oxygens (including phenoxy) is 2. The van der Waals surface area contributed by atoms with E-state index in [-0.39, 0.29) is 11.7 Å². The Balaban J connectivity index is 1.75. The molecule has 0 radical (unpaired) electrons. The first-order valence-electron chi connectivity index (χ1n) is 9.38. The van der Waals surface area contributed by atoms with Crippen molar-refractivity contribution in [2.24, 2.45) is 0 Å². The zero-order valence-electron chi connectivity index (χ0n) is 16.5. The second-order valence-corrected chi connectivity index (χ2v) is 7.30. The Morgan fingerprint density at radius 2 is 1.84 bits per heavy atom. The molecule has 0 aliphatic carbocycles. The lowest BCUT2D eigenvalue weighted by molar-refractivity contribution is -0.145. The number of carboxylic acid groups (broad SMARTS) is 1. The zero-order valence-corrected chi connectivity index (χ0v) is 17.2. The number of aliphatic carboxylic acids is 1. The lowest BCUT2D eigenvalue weighted by atomic mass is 10.1. The molecule has 4 rings (SSSR count). The largest absolute Gasteiger partial charge is 0.497 e. The quantitative estimate of drug-likeness (QED) is 0.433. The minimum absolute atomic E-state index is 0.151. The van der Waals surface area contributed by atoms with E-state index >= 15 is 0 Å². The summed E-state index contributed by atoms with van der Waals surface area (Å²) in [5, 5.41) is 15.3. The molecule has 0 aliphatic rings.